The predicted molar refractivity (Wildman–Crippen MR) is 124 cm³/mol. The molecule has 4 rings (SSSR count). The van der Waals surface area contributed by atoms with Crippen molar-refractivity contribution < 1.29 is 24.6 Å². The first kappa shape index (κ1) is 24.0. The summed E-state index contributed by atoms with van der Waals surface area (Å²) in [6.07, 6.45) is 1.22. The number of likely N-dealkylation sites (N-methyl/N-ethyl adjacent to an activating group) is 1. The zero-order valence-electron chi connectivity index (χ0n) is 19.5. The Morgan fingerprint density at radius 3 is 2.39 bits per heavy atom. The summed E-state index contributed by atoms with van der Waals surface area (Å²) < 4.78 is -1.11. The Morgan fingerprint density at radius 2 is 1.85 bits per heavy atom. The quantitative estimate of drug-likeness (QED) is 0.283. The zero-order chi connectivity index (χ0) is 24.2. The number of carboxylic acid groups (broad SMARTS) is 1. The van der Waals surface area contributed by atoms with Crippen molar-refractivity contribution in [3.05, 3.63) is 11.8 Å². The number of likely N-dealkylation sites (tertiary alicyclic amines) is 1. The Balaban J connectivity index is 1.44. The number of thioether (sulfide) groups is 1. The van der Waals surface area contributed by atoms with Crippen LogP contribution in [0.1, 0.15) is 27.2 Å². The molecule has 0 saturated carbocycles. The van der Waals surface area contributed by atoms with Gasteiger partial charge in [0.1, 0.15) is 10.4 Å². The maximum absolute atomic E-state index is 13.2. The molecule has 33 heavy (non-hydrogen) atoms. The van der Waals surface area contributed by atoms with Gasteiger partial charge in [0, 0.05) is 38.0 Å². The number of aliphatic carboxylic acids is 1. The van der Waals surface area contributed by atoms with Crippen molar-refractivity contribution >= 4 is 35.4 Å². The molecule has 0 bridgehead atoms. The summed E-state index contributed by atoms with van der Waals surface area (Å²) in [4.78, 5) is 45.2. The SMILES string of the molecule is CC(=N)N1CCN(C(=O)C2CC(SC3(C(C)O)C(=O)N4C(C(=O)O)=CC(C)[C@H]43)CN2C)CC1. The van der Waals surface area contributed by atoms with Crippen LogP contribution in [0, 0.1) is 11.3 Å². The fourth-order valence-electron chi connectivity index (χ4n) is 5.77. The van der Waals surface area contributed by atoms with Crippen molar-refractivity contribution in [1.82, 2.24) is 19.6 Å². The summed E-state index contributed by atoms with van der Waals surface area (Å²) in [7, 11) is 1.91. The number of carboxylic acids is 1. The van der Waals surface area contributed by atoms with E-state index in [2.05, 4.69) is 0 Å². The lowest BCUT2D eigenvalue weighted by Crippen LogP contribution is -2.76. The van der Waals surface area contributed by atoms with Crippen LogP contribution in [0.2, 0.25) is 0 Å². The lowest BCUT2D eigenvalue weighted by molar-refractivity contribution is -0.158. The molecule has 0 aromatic heterocycles. The lowest BCUT2D eigenvalue weighted by Gasteiger charge is -2.56. The van der Waals surface area contributed by atoms with Crippen LogP contribution in [0.3, 0.4) is 0 Å². The van der Waals surface area contributed by atoms with E-state index in [-0.39, 0.29) is 34.7 Å². The highest BCUT2D eigenvalue weighted by molar-refractivity contribution is 8.02. The van der Waals surface area contributed by atoms with Crippen molar-refractivity contribution in [1.29, 1.82) is 5.41 Å². The number of rotatable bonds is 5. The fourth-order valence-corrected chi connectivity index (χ4v) is 7.76. The molecule has 4 aliphatic heterocycles. The van der Waals surface area contributed by atoms with E-state index in [1.54, 1.807) is 19.9 Å². The number of aliphatic hydroxyl groups is 1. The number of carbonyl (C=O) groups is 3. The number of carbonyl (C=O) groups excluding carboxylic acids is 2. The normalized spacial score (nSPS) is 35.2. The van der Waals surface area contributed by atoms with Gasteiger partial charge in [-0.15, -0.1) is 11.8 Å². The van der Waals surface area contributed by atoms with E-state index < -0.39 is 22.9 Å². The van der Waals surface area contributed by atoms with E-state index in [1.807, 2.05) is 28.7 Å². The summed E-state index contributed by atoms with van der Waals surface area (Å²) >= 11 is 1.41. The van der Waals surface area contributed by atoms with Crippen LogP contribution < -0.4 is 0 Å². The average Bonchev–Trinajstić information content (AvgIpc) is 3.28. The van der Waals surface area contributed by atoms with Crippen molar-refractivity contribution in [2.75, 3.05) is 39.8 Å². The van der Waals surface area contributed by atoms with Crippen LogP contribution in [0.5, 0.6) is 0 Å². The molecule has 182 valence electrons. The molecule has 3 saturated heterocycles. The third-order valence-corrected chi connectivity index (χ3v) is 9.33. The lowest BCUT2D eigenvalue weighted by atomic mass is 9.78. The van der Waals surface area contributed by atoms with Crippen LogP contribution in [0.15, 0.2) is 11.8 Å². The van der Waals surface area contributed by atoms with Gasteiger partial charge in [-0.1, -0.05) is 6.92 Å². The van der Waals surface area contributed by atoms with Crippen molar-refractivity contribution in [3.63, 3.8) is 0 Å². The summed E-state index contributed by atoms with van der Waals surface area (Å²) in [5, 5.41) is 27.9. The molecule has 0 aromatic carbocycles. The monoisotopic (exact) mass is 479 g/mol. The maximum atomic E-state index is 13.2. The van der Waals surface area contributed by atoms with Crippen LogP contribution in [-0.4, -0.2) is 121 Å². The minimum absolute atomic E-state index is 0.00901. The molecular formula is C22H33N5O5S. The minimum Gasteiger partial charge on any atom is -0.477 e. The largest absolute Gasteiger partial charge is 0.477 e. The zero-order valence-corrected chi connectivity index (χ0v) is 20.3. The molecule has 11 heteroatoms. The second-order valence-electron chi connectivity index (χ2n) is 9.63. The number of nitrogens with zero attached hydrogens (tertiary/aromatic N) is 4. The van der Waals surface area contributed by atoms with Gasteiger partial charge in [-0.3, -0.25) is 24.8 Å². The molecule has 3 N–H and O–H groups in total. The Hall–Kier alpha value is -2.11. The van der Waals surface area contributed by atoms with E-state index in [0.29, 0.717) is 45.0 Å². The van der Waals surface area contributed by atoms with Crippen molar-refractivity contribution in [2.45, 2.75) is 55.4 Å². The van der Waals surface area contributed by atoms with Gasteiger partial charge in [-0.2, -0.15) is 0 Å². The molecule has 5 unspecified atom stereocenters. The first-order valence-corrected chi connectivity index (χ1v) is 12.3. The van der Waals surface area contributed by atoms with Gasteiger partial charge in [0.15, 0.2) is 0 Å². The first-order valence-electron chi connectivity index (χ1n) is 11.4. The summed E-state index contributed by atoms with van der Waals surface area (Å²) in [6, 6.07) is -0.695. The van der Waals surface area contributed by atoms with Gasteiger partial charge in [0.05, 0.1) is 24.0 Å². The molecule has 0 aromatic rings. The first-order chi connectivity index (χ1) is 15.5. The summed E-state index contributed by atoms with van der Waals surface area (Å²) in [6.45, 7) is 8.33. The molecule has 0 radical (unpaired) electrons. The number of nitrogens with one attached hydrogen (secondary N) is 1. The number of amides is 2. The number of β-lactam (4-membered cyclic amide) rings is 1. The van der Waals surface area contributed by atoms with Gasteiger partial charge in [-0.05, 0) is 39.3 Å². The topological polar surface area (TPSA) is 128 Å². The highest BCUT2D eigenvalue weighted by atomic mass is 32.2. The molecular weight excluding hydrogens is 446 g/mol. The van der Waals surface area contributed by atoms with Crippen LogP contribution in [0.25, 0.3) is 0 Å². The molecule has 2 amide bonds. The minimum atomic E-state index is -1.13. The van der Waals surface area contributed by atoms with Gasteiger partial charge in [-0.25, -0.2) is 4.79 Å². The van der Waals surface area contributed by atoms with E-state index in [1.165, 1.54) is 16.7 Å². The number of amidine groups is 1. The molecule has 0 spiro atoms. The van der Waals surface area contributed by atoms with E-state index in [0.717, 1.165) is 0 Å². The van der Waals surface area contributed by atoms with Crippen LogP contribution in [0.4, 0.5) is 0 Å². The Kier molecular flexibility index (Phi) is 6.25. The van der Waals surface area contributed by atoms with Gasteiger partial charge in [0.25, 0.3) is 0 Å². The smallest absolute Gasteiger partial charge is 0.352 e. The Morgan fingerprint density at radius 1 is 1.24 bits per heavy atom. The highest BCUT2D eigenvalue weighted by Crippen LogP contribution is 2.55. The number of hydrogen-bond acceptors (Lipinski definition) is 7. The summed E-state index contributed by atoms with van der Waals surface area (Å²) in [5.74, 6) is -1.09. The second-order valence-corrected chi connectivity index (χ2v) is 11.2. The molecule has 0 aliphatic carbocycles. The Bertz CT molecular complexity index is 902. The van der Waals surface area contributed by atoms with Gasteiger partial charge < -0.3 is 20.0 Å². The third-order valence-electron chi connectivity index (χ3n) is 7.51. The standard InChI is InChI=1S/C22H33N5O5S/c1-12-9-17(20(30)31)27-18(12)22(13(2)28,21(27)32)33-15-10-16(24(4)11-15)19(29)26-7-5-25(6-8-26)14(3)23/h9,12-13,15-16,18,23,28H,5-8,10-11H2,1-4H3,(H,30,31)/t12?,13?,15?,16?,18-,22?/m0/s1. The van der Waals surface area contributed by atoms with Crippen molar-refractivity contribution in [2.24, 2.45) is 5.92 Å². The number of piperazine rings is 1. The second kappa shape index (κ2) is 8.59. The van der Waals surface area contributed by atoms with E-state index in [9.17, 15) is 24.6 Å². The Labute approximate surface area is 198 Å². The maximum Gasteiger partial charge on any atom is 0.352 e. The molecule has 4 aliphatic rings. The average molecular weight is 480 g/mol. The fraction of sp³-hybridized carbons (Fsp3) is 0.727. The van der Waals surface area contributed by atoms with Gasteiger partial charge in [0.2, 0.25) is 11.8 Å². The van der Waals surface area contributed by atoms with E-state index in [4.69, 9.17) is 5.41 Å². The molecule has 10 nitrogen and oxygen atoms in total. The third kappa shape index (κ3) is 3.74. The van der Waals surface area contributed by atoms with Crippen LogP contribution in [-0.2, 0) is 14.4 Å². The highest BCUT2D eigenvalue weighted by Gasteiger charge is 2.69. The van der Waals surface area contributed by atoms with Gasteiger partial charge >= 0.3 is 5.97 Å². The van der Waals surface area contributed by atoms with Crippen molar-refractivity contribution in [3.8, 4) is 0 Å². The number of aliphatic hydroxyl groups excluding tert-OH is 1. The molecule has 6 atom stereocenters. The predicted octanol–water partition coefficient (Wildman–Crippen LogP) is -0.118. The van der Waals surface area contributed by atoms with Crippen LogP contribution >= 0.6 is 11.8 Å². The number of fused-ring (bicyclic) bond motifs is 1. The number of hydrogen-bond donors (Lipinski definition) is 3. The molecule has 3 fully saturated rings. The summed E-state index contributed by atoms with van der Waals surface area (Å²) in [5.41, 5.74) is -0.00901. The molecule has 4 heterocycles. The van der Waals surface area contributed by atoms with E-state index >= 15 is 0 Å².